The van der Waals surface area contributed by atoms with Crippen LogP contribution >= 0.6 is 0 Å². The molecule has 5 heteroatoms. The predicted molar refractivity (Wildman–Crippen MR) is 88.3 cm³/mol. The van der Waals surface area contributed by atoms with Crippen LogP contribution in [0.5, 0.6) is 5.88 Å². The summed E-state index contributed by atoms with van der Waals surface area (Å²) in [6.45, 7) is 1.93. The van der Waals surface area contributed by atoms with Gasteiger partial charge in [0.25, 0.3) is 5.56 Å². The molecule has 1 heterocycles. The Hall–Kier alpha value is -3.08. The van der Waals surface area contributed by atoms with Gasteiger partial charge in [-0.25, -0.2) is 9.36 Å². The van der Waals surface area contributed by atoms with E-state index in [-0.39, 0.29) is 17.9 Å². The Morgan fingerprint density at radius 3 is 2.30 bits per heavy atom. The maximum absolute atomic E-state index is 12.1. The molecule has 0 saturated carbocycles. The van der Waals surface area contributed by atoms with E-state index in [4.69, 9.17) is 0 Å². The predicted octanol–water partition coefficient (Wildman–Crippen LogP) is 2.13. The number of H-pyrrole nitrogens is 1. The van der Waals surface area contributed by atoms with Gasteiger partial charge in [-0.2, -0.15) is 0 Å². The summed E-state index contributed by atoms with van der Waals surface area (Å²) in [6, 6.07) is 16.4. The number of aryl methyl sites for hydroxylation is 1. The van der Waals surface area contributed by atoms with E-state index in [9.17, 15) is 14.7 Å². The quantitative estimate of drug-likeness (QED) is 0.778. The van der Waals surface area contributed by atoms with Crippen molar-refractivity contribution in [3.8, 4) is 11.6 Å². The van der Waals surface area contributed by atoms with E-state index >= 15 is 0 Å². The van der Waals surface area contributed by atoms with Gasteiger partial charge in [0, 0.05) is 6.42 Å². The highest BCUT2D eigenvalue weighted by molar-refractivity contribution is 5.40. The first kappa shape index (κ1) is 14.8. The molecule has 23 heavy (non-hydrogen) atoms. The summed E-state index contributed by atoms with van der Waals surface area (Å²) in [5, 5.41) is 10.5. The van der Waals surface area contributed by atoms with Crippen LogP contribution in [0.2, 0.25) is 0 Å². The van der Waals surface area contributed by atoms with Crippen LogP contribution in [0.15, 0.2) is 64.2 Å². The number of nitrogens with zero attached hydrogens (tertiary/aromatic N) is 1. The van der Waals surface area contributed by atoms with Crippen molar-refractivity contribution in [2.45, 2.75) is 13.3 Å². The van der Waals surface area contributed by atoms with Crippen LogP contribution in [-0.2, 0) is 6.42 Å². The van der Waals surface area contributed by atoms with Gasteiger partial charge in [-0.15, -0.1) is 0 Å². The van der Waals surface area contributed by atoms with E-state index in [1.807, 2.05) is 49.4 Å². The first-order valence-electron chi connectivity index (χ1n) is 7.24. The number of hydrogen-bond donors (Lipinski definition) is 2. The summed E-state index contributed by atoms with van der Waals surface area (Å²) in [5.74, 6) is -0.327. The van der Waals surface area contributed by atoms with Gasteiger partial charge >= 0.3 is 5.69 Å². The third kappa shape index (κ3) is 2.94. The molecule has 1 aromatic heterocycles. The normalized spacial score (nSPS) is 10.7. The minimum absolute atomic E-state index is 0.163. The summed E-state index contributed by atoms with van der Waals surface area (Å²) in [4.78, 5) is 26.4. The lowest BCUT2D eigenvalue weighted by Gasteiger charge is -2.11. The molecule has 0 amide bonds. The Kier molecular flexibility index (Phi) is 3.85. The molecule has 0 aliphatic carbocycles. The molecule has 3 rings (SSSR count). The fourth-order valence-electron chi connectivity index (χ4n) is 2.45. The van der Waals surface area contributed by atoms with Gasteiger partial charge in [0.15, 0.2) is 0 Å². The van der Waals surface area contributed by atoms with Gasteiger partial charge in [-0.1, -0.05) is 48.0 Å². The van der Waals surface area contributed by atoms with Crippen LogP contribution < -0.4 is 11.2 Å². The third-order valence-electron chi connectivity index (χ3n) is 3.70. The van der Waals surface area contributed by atoms with Crippen molar-refractivity contribution < 1.29 is 5.11 Å². The monoisotopic (exact) mass is 308 g/mol. The SMILES string of the molecule is Cc1ccc(-n2c(O)c(Cc3ccccc3)c(=O)[nH]c2=O)cc1. The van der Waals surface area contributed by atoms with Crippen molar-refractivity contribution in [3.05, 3.63) is 92.1 Å². The zero-order valence-electron chi connectivity index (χ0n) is 12.6. The fourth-order valence-corrected chi connectivity index (χ4v) is 2.45. The number of aromatic nitrogens is 2. The second-order valence-corrected chi connectivity index (χ2v) is 5.39. The highest BCUT2D eigenvalue weighted by Crippen LogP contribution is 2.19. The molecule has 116 valence electrons. The highest BCUT2D eigenvalue weighted by atomic mass is 16.3. The van der Waals surface area contributed by atoms with E-state index < -0.39 is 11.2 Å². The minimum atomic E-state index is -0.659. The first-order valence-corrected chi connectivity index (χ1v) is 7.24. The molecular formula is C18H16N2O3. The fraction of sp³-hybridized carbons (Fsp3) is 0.111. The molecule has 0 spiro atoms. The average Bonchev–Trinajstić information content (AvgIpc) is 2.54. The van der Waals surface area contributed by atoms with E-state index in [0.29, 0.717) is 5.69 Å². The van der Waals surface area contributed by atoms with Gasteiger partial charge in [-0.3, -0.25) is 9.78 Å². The Balaban J connectivity index is 2.15. The molecule has 5 nitrogen and oxygen atoms in total. The van der Waals surface area contributed by atoms with Crippen molar-refractivity contribution in [2.75, 3.05) is 0 Å². The van der Waals surface area contributed by atoms with E-state index in [2.05, 4.69) is 4.98 Å². The molecule has 0 radical (unpaired) electrons. The molecule has 3 aromatic rings. The number of hydrogen-bond acceptors (Lipinski definition) is 3. The number of nitrogens with one attached hydrogen (secondary N) is 1. The number of aromatic amines is 1. The van der Waals surface area contributed by atoms with Crippen LogP contribution in [0.1, 0.15) is 16.7 Å². The molecule has 0 aliphatic heterocycles. The first-order chi connectivity index (χ1) is 11.1. The van der Waals surface area contributed by atoms with E-state index in [1.165, 1.54) is 0 Å². The van der Waals surface area contributed by atoms with Gasteiger partial charge in [-0.05, 0) is 24.6 Å². The minimum Gasteiger partial charge on any atom is -0.494 e. The van der Waals surface area contributed by atoms with Crippen molar-refractivity contribution in [1.29, 1.82) is 0 Å². The number of rotatable bonds is 3. The van der Waals surface area contributed by atoms with E-state index in [1.54, 1.807) is 12.1 Å². The summed E-state index contributed by atoms with van der Waals surface area (Å²) in [6.07, 6.45) is 0.244. The largest absolute Gasteiger partial charge is 0.494 e. The topological polar surface area (TPSA) is 75.1 Å². The zero-order valence-corrected chi connectivity index (χ0v) is 12.6. The molecule has 2 N–H and O–H groups in total. The Labute approximate surface area is 132 Å². The molecular weight excluding hydrogens is 292 g/mol. The molecule has 2 aromatic carbocycles. The second kappa shape index (κ2) is 5.96. The molecule has 0 unspecified atom stereocenters. The smallest absolute Gasteiger partial charge is 0.335 e. The summed E-state index contributed by atoms with van der Waals surface area (Å²) in [5.41, 5.74) is 1.35. The summed E-state index contributed by atoms with van der Waals surface area (Å²) < 4.78 is 1.11. The standard InChI is InChI=1S/C18H16N2O3/c1-12-7-9-14(10-8-12)20-17(22)15(16(21)19-18(20)23)11-13-5-3-2-4-6-13/h2-10,22H,11H2,1H3,(H,19,21,23). The van der Waals surface area contributed by atoms with Gasteiger partial charge in [0.05, 0.1) is 11.3 Å². The molecule has 0 saturated heterocycles. The lowest BCUT2D eigenvalue weighted by molar-refractivity contribution is 0.424. The lowest BCUT2D eigenvalue weighted by atomic mass is 10.1. The summed E-state index contributed by atoms with van der Waals surface area (Å²) >= 11 is 0. The zero-order chi connectivity index (χ0) is 16.4. The number of aromatic hydroxyl groups is 1. The number of benzene rings is 2. The highest BCUT2D eigenvalue weighted by Gasteiger charge is 2.15. The van der Waals surface area contributed by atoms with Crippen molar-refractivity contribution in [3.63, 3.8) is 0 Å². The average molecular weight is 308 g/mol. The Morgan fingerprint density at radius 1 is 1.00 bits per heavy atom. The molecule has 0 bridgehead atoms. The van der Waals surface area contributed by atoms with Crippen LogP contribution in [0, 0.1) is 6.92 Å². The maximum Gasteiger partial charge on any atom is 0.335 e. The van der Waals surface area contributed by atoms with Crippen LogP contribution in [0.3, 0.4) is 0 Å². The second-order valence-electron chi connectivity index (χ2n) is 5.39. The third-order valence-corrected chi connectivity index (χ3v) is 3.70. The molecule has 0 aliphatic rings. The Bertz CT molecular complexity index is 939. The van der Waals surface area contributed by atoms with Crippen LogP contribution in [0.4, 0.5) is 0 Å². The van der Waals surface area contributed by atoms with Crippen molar-refractivity contribution >= 4 is 0 Å². The molecule has 0 atom stereocenters. The Morgan fingerprint density at radius 2 is 1.65 bits per heavy atom. The molecule has 0 fully saturated rings. The van der Waals surface area contributed by atoms with Crippen LogP contribution in [-0.4, -0.2) is 14.7 Å². The maximum atomic E-state index is 12.1. The van der Waals surface area contributed by atoms with Crippen LogP contribution in [0.25, 0.3) is 5.69 Å². The summed E-state index contributed by atoms with van der Waals surface area (Å²) in [7, 11) is 0. The van der Waals surface area contributed by atoms with Crippen molar-refractivity contribution in [2.24, 2.45) is 0 Å². The van der Waals surface area contributed by atoms with Gasteiger partial charge < -0.3 is 5.11 Å². The van der Waals surface area contributed by atoms with Gasteiger partial charge in [0.1, 0.15) is 0 Å². The lowest BCUT2D eigenvalue weighted by Crippen LogP contribution is -2.31. The van der Waals surface area contributed by atoms with E-state index in [0.717, 1.165) is 15.7 Å². The van der Waals surface area contributed by atoms with Gasteiger partial charge in [0.2, 0.25) is 5.88 Å². The van der Waals surface area contributed by atoms with Crippen molar-refractivity contribution in [1.82, 2.24) is 9.55 Å².